The molecule has 96 valence electrons. The molecule has 0 aromatic rings. The second-order valence-electron chi connectivity index (χ2n) is 4.52. The van der Waals surface area contributed by atoms with E-state index in [1.807, 2.05) is 7.05 Å². The lowest BCUT2D eigenvalue weighted by molar-refractivity contribution is -0.130. The van der Waals surface area contributed by atoms with Crippen molar-refractivity contribution in [1.82, 2.24) is 4.90 Å². The van der Waals surface area contributed by atoms with E-state index in [9.17, 15) is 9.90 Å². The van der Waals surface area contributed by atoms with Crippen LogP contribution in [0, 0.1) is 5.92 Å². The maximum atomic E-state index is 12.1. The molecule has 0 rings (SSSR count). The van der Waals surface area contributed by atoms with Crippen molar-refractivity contribution in [3.05, 3.63) is 0 Å². The molecule has 0 radical (unpaired) electrons. The first-order valence-corrected chi connectivity index (χ1v) is 6.99. The molecule has 0 fully saturated rings. The SMILES string of the molecule is CCSC(C(=O)N(C)CCC(C)O)C(C)C. The van der Waals surface area contributed by atoms with Gasteiger partial charge in [-0.3, -0.25) is 4.79 Å². The lowest BCUT2D eigenvalue weighted by Gasteiger charge is -2.26. The van der Waals surface area contributed by atoms with Crippen molar-refractivity contribution in [2.24, 2.45) is 5.92 Å². The third-order valence-corrected chi connectivity index (χ3v) is 3.89. The van der Waals surface area contributed by atoms with Crippen LogP contribution in [0.15, 0.2) is 0 Å². The predicted octanol–water partition coefficient (Wildman–Crippen LogP) is 1.99. The Morgan fingerprint density at radius 1 is 1.38 bits per heavy atom. The first-order chi connectivity index (χ1) is 7.40. The van der Waals surface area contributed by atoms with Gasteiger partial charge in [0.2, 0.25) is 5.91 Å². The van der Waals surface area contributed by atoms with Crippen LogP contribution in [0.4, 0.5) is 0 Å². The highest BCUT2D eigenvalue weighted by atomic mass is 32.2. The van der Waals surface area contributed by atoms with Gasteiger partial charge >= 0.3 is 0 Å². The second-order valence-corrected chi connectivity index (χ2v) is 5.94. The fraction of sp³-hybridized carbons (Fsp3) is 0.917. The quantitative estimate of drug-likeness (QED) is 0.748. The molecule has 2 unspecified atom stereocenters. The molecule has 0 aliphatic carbocycles. The summed E-state index contributed by atoms with van der Waals surface area (Å²) in [6.07, 6.45) is 0.302. The molecular formula is C12H25NO2S. The summed E-state index contributed by atoms with van der Waals surface area (Å²) in [4.78, 5) is 13.8. The zero-order valence-corrected chi connectivity index (χ0v) is 11.9. The molecule has 3 nitrogen and oxygen atoms in total. The third kappa shape index (κ3) is 5.75. The van der Waals surface area contributed by atoms with Gasteiger partial charge in [-0.05, 0) is 25.0 Å². The van der Waals surface area contributed by atoms with Crippen LogP contribution in [-0.2, 0) is 4.79 Å². The lowest BCUT2D eigenvalue weighted by Crippen LogP contribution is -2.38. The predicted molar refractivity (Wildman–Crippen MR) is 70.7 cm³/mol. The Hall–Kier alpha value is -0.220. The summed E-state index contributed by atoms with van der Waals surface area (Å²) in [7, 11) is 1.82. The Kier molecular flexibility index (Phi) is 7.85. The minimum absolute atomic E-state index is 0.0454. The zero-order valence-electron chi connectivity index (χ0n) is 11.1. The van der Waals surface area contributed by atoms with Crippen molar-refractivity contribution in [2.75, 3.05) is 19.3 Å². The van der Waals surface area contributed by atoms with Crippen LogP contribution in [0.1, 0.15) is 34.1 Å². The molecule has 2 atom stereocenters. The van der Waals surface area contributed by atoms with Gasteiger partial charge in [-0.15, -0.1) is 11.8 Å². The molecule has 0 aliphatic heterocycles. The number of thioether (sulfide) groups is 1. The normalized spacial score (nSPS) is 14.9. The van der Waals surface area contributed by atoms with Crippen LogP contribution >= 0.6 is 11.8 Å². The van der Waals surface area contributed by atoms with Gasteiger partial charge in [0.05, 0.1) is 11.4 Å². The van der Waals surface area contributed by atoms with Gasteiger partial charge < -0.3 is 10.0 Å². The summed E-state index contributed by atoms with van der Waals surface area (Å²) in [6, 6.07) is 0. The Labute approximate surface area is 104 Å². The summed E-state index contributed by atoms with van der Waals surface area (Å²) in [5.41, 5.74) is 0. The number of aliphatic hydroxyl groups is 1. The van der Waals surface area contributed by atoms with Crippen LogP contribution in [0.3, 0.4) is 0 Å². The molecule has 1 N–H and O–H groups in total. The van der Waals surface area contributed by atoms with Crippen LogP contribution in [0.5, 0.6) is 0 Å². The van der Waals surface area contributed by atoms with Crippen molar-refractivity contribution in [1.29, 1.82) is 0 Å². The lowest BCUT2D eigenvalue weighted by atomic mass is 10.1. The smallest absolute Gasteiger partial charge is 0.235 e. The van der Waals surface area contributed by atoms with E-state index in [2.05, 4.69) is 20.8 Å². The Morgan fingerprint density at radius 3 is 2.31 bits per heavy atom. The second kappa shape index (κ2) is 7.96. The molecule has 0 heterocycles. The van der Waals surface area contributed by atoms with Crippen LogP contribution in [0.25, 0.3) is 0 Å². The van der Waals surface area contributed by atoms with Gasteiger partial charge in [0, 0.05) is 13.6 Å². The molecule has 0 saturated carbocycles. The molecule has 16 heavy (non-hydrogen) atoms. The number of carbonyl (C=O) groups excluding carboxylic acids is 1. The van der Waals surface area contributed by atoms with Crippen molar-refractivity contribution in [2.45, 2.75) is 45.5 Å². The number of hydrogen-bond acceptors (Lipinski definition) is 3. The van der Waals surface area contributed by atoms with E-state index in [1.165, 1.54) is 0 Å². The molecule has 0 aromatic carbocycles. The topological polar surface area (TPSA) is 40.5 Å². The van der Waals surface area contributed by atoms with Gasteiger partial charge in [-0.2, -0.15) is 0 Å². The van der Waals surface area contributed by atoms with Crippen molar-refractivity contribution in [3.8, 4) is 0 Å². The Bertz CT molecular complexity index is 207. The fourth-order valence-corrected chi connectivity index (χ4v) is 2.50. The standard InChI is InChI=1S/C12H25NO2S/c1-6-16-11(9(2)3)12(15)13(5)8-7-10(4)14/h9-11,14H,6-8H2,1-5H3. The van der Waals surface area contributed by atoms with E-state index >= 15 is 0 Å². The Morgan fingerprint density at radius 2 is 1.94 bits per heavy atom. The highest BCUT2D eigenvalue weighted by Crippen LogP contribution is 2.21. The average molecular weight is 247 g/mol. The number of rotatable bonds is 7. The van der Waals surface area contributed by atoms with Gasteiger partial charge in [0.25, 0.3) is 0 Å². The highest BCUT2D eigenvalue weighted by Gasteiger charge is 2.24. The van der Waals surface area contributed by atoms with Crippen LogP contribution in [-0.4, -0.2) is 46.6 Å². The molecule has 0 saturated heterocycles. The van der Waals surface area contributed by atoms with E-state index in [-0.39, 0.29) is 17.3 Å². The number of nitrogens with zero attached hydrogens (tertiary/aromatic N) is 1. The van der Waals surface area contributed by atoms with Gasteiger partial charge in [0.15, 0.2) is 0 Å². The number of hydrogen-bond donors (Lipinski definition) is 1. The summed E-state index contributed by atoms with van der Waals surface area (Å²) < 4.78 is 0. The summed E-state index contributed by atoms with van der Waals surface area (Å²) >= 11 is 1.70. The average Bonchev–Trinajstić information content (AvgIpc) is 2.20. The van der Waals surface area contributed by atoms with E-state index < -0.39 is 0 Å². The van der Waals surface area contributed by atoms with E-state index in [0.29, 0.717) is 18.9 Å². The minimum Gasteiger partial charge on any atom is -0.393 e. The van der Waals surface area contributed by atoms with Crippen LogP contribution in [0.2, 0.25) is 0 Å². The fourth-order valence-electron chi connectivity index (χ4n) is 1.44. The van der Waals surface area contributed by atoms with Gasteiger partial charge in [0.1, 0.15) is 0 Å². The highest BCUT2D eigenvalue weighted by molar-refractivity contribution is 8.00. The maximum Gasteiger partial charge on any atom is 0.235 e. The Balaban J connectivity index is 4.25. The first kappa shape index (κ1) is 15.8. The number of aliphatic hydroxyl groups excluding tert-OH is 1. The molecular weight excluding hydrogens is 222 g/mol. The number of carbonyl (C=O) groups is 1. The van der Waals surface area contributed by atoms with Gasteiger partial charge in [-0.1, -0.05) is 20.8 Å². The van der Waals surface area contributed by atoms with E-state index in [0.717, 1.165) is 5.75 Å². The molecule has 0 aromatic heterocycles. The molecule has 1 amide bonds. The largest absolute Gasteiger partial charge is 0.393 e. The van der Waals surface area contributed by atoms with Crippen LogP contribution < -0.4 is 0 Å². The minimum atomic E-state index is -0.341. The third-order valence-electron chi connectivity index (χ3n) is 2.45. The monoisotopic (exact) mass is 247 g/mol. The first-order valence-electron chi connectivity index (χ1n) is 5.94. The summed E-state index contributed by atoms with van der Waals surface area (Å²) in [5, 5.41) is 9.24. The maximum absolute atomic E-state index is 12.1. The van der Waals surface area contributed by atoms with E-state index in [1.54, 1.807) is 23.6 Å². The van der Waals surface area contributed by atoms with Gasteiger partial charge in [-0.25, -0.2) is 0 Å². The molecule has 4 heteroatoms. The van der Waals surface area contributed by atoms with Crippen molar-refractivity contribution >= 4 is 17.7 Å². The summed E-state index contributed by atoms with van der Waals surface area (Å²) in [5.74, 6) is 1.49. The number of amides is 1. The van der Waals surface area contributed by atoms with Crippen molar-refractivity contribution < 1.29 is 9.90 Å². The summed E-state index contributed by atoms with van der Waals surface area (Å²) in [6.45, 7) is 8.60. The van der Waals surface area contributed by atoms with E-state index in [4.69, 9.17) is 0 Å². The van der Waals surface area contributed by atoms with Crippen molar-refractivity contribution in [3.63, 3.8) is 0 Å². The molecule has 0 bridgehead atoms. The molecule has 0 spiro atoms. The molecule has 0 aliphatic rings. The zero-order chi connectivity index (χ0) is 12.7.